The smallest absolute Gasteiger partial charge is 0.115 e. The quantitative estimate of drug-likeness (QED) is 0.113. The lowest BCUT2D eigenvalue weighted by Crippen LogP contribution is -2.06. The van der Waals surface area contributed by atoms with E-state index < -0.39 is 0 Å². The molecule has 0 heterocycles. The molecule has 1 aromatic rings. The Kier molecular flexibility index (Phi) is 24.7. The van der Waals surface area contributed by atoms with Crippen LogP contribution in [0.2, 0.25) is 0 Å². The topological polar surface area (TPSA) is 20.2 Å². The third-order valence-corrected chi connectivity index (χ3v) is 9.72. The molecule has 0 aromatic heterocycles. The summed E-state index contributed by atoms with van der Waals surface area (Å²) in [6.07, 6.45) is 28.3. The van der Waals surface area contributed by atoms with Crippen LogP contribution in [0.15, 0.2) is 24.3 Å². The fourth-order valence-corrected chi connectivity index (χ4v) is 7.31. The third kappa shape index (κ3) is 20.7. The summed E-state index contributed by atoms with van der Waals surface area (Å²) in [5.74, 6) is 6.02. The van der Waals surface area contributed by atoms with Gasteiger partial charge in [-0.3, -0.25) is 0 Å². The zero-order valence-electron chi connectivity index (χ0n) is 24.1. The molecule has 0 fully saturated rings. The monoisotopic (exact) mass is 536 g/mol. The number of benzene rings is 1. The van der Waals surface area contributed by atoms with Gasteiger partial charge in [0.2, 0.25) is 0 Å². The summed E-state index contributed by atoms with van der Waals surface area (Å²) < 4.78 is 0. The summed E-state index contributed by atoms with van der Waals surface area (Å²) in [5, 5.41) is 9.71. The van der Waals surface area contributed by atoms with Crippen LogP contribution < -0.4 is 0 Å². The minimum absolute atomic E-state index is 0.383. The molecule has 0 aliphatic carbocycles. The van der Waals surface area contributed by atoms with Crippen LogP contribution in [-0.4, -0.2) is 28.1 Å². The van der Waals surface area contributed by atoms with Gasteiger partial charge in [-0.2, -0.15) is 23.5 Å². The lowest BCUT2D eigenvalue weighted by molar-refractivity contribution is 0.475. The van der Waals surface area contributed by atoms with Gasteiger partial charge in [-0.15, -0.1) is 0 Å². The second kappa shape index (κ2) is 26.3. The summed E-state index contributed by atoms with van der Waals surface area (Å²) in [5.41, 5.74) is 1.40. The Balaban J connectivity index is 2.10. The SMILES string of the molecule is CCCCCCCCCCCCSCC(CSCCCCCCCCCCCC)c1ccc(O)cc1. The third-order valence-electron chi connectivity index (χ3n) is 7.29. The van der Waals surface area contributed by atoms with E-state index in [9.17, 15) is 5.11 Å². The summed E-state index contributed by atoms with van der Waals surface area (Å²) in [4.78, 5) is 0. The first-order valence-corrected chi connectivity index (χ1v) is 18.0. The van der Waals surface area contributed by atoms with Crippen molar-refractivity contribution < 1.29 is 5.11 Å². The van der Waals surface area contributed by atoms with Crippen LogP contribution >= 0.6 is 23.5 Å². The number of hydrogen-bond acceptors (Lipinski definition) is 3. The summed E-state index contributed by atoms with van der Waals surface area (Å²) in [7, 11) is 0. The van der Waals surface area contributed by atoms with Crippen molar-refractivity contribution in [2.45, 2.75) is 148 Å². The highest BCUT2D eigenvalue weighted by Gasteiger charge is 2.12. The summed E-state index contributed by atoms with van der Waals surface area (Å²) >= 11 is 4.29. The maximum atomic E-state index is 9.71. The first kappa shape index (κ1) is 33.7. The van der Waals surface area contributed by atoms with Crippen molar-refractivity contribution in [2.75, 3.05) is 23.0 Å². The van der Waals surface area contributed by atoms with E-state index in [2.05, 4.69) is 49.5 Å². The average molecular weight is 537 g/mol. The lowest BCUT2D eigenvalue weighted by atomic mass is 10.0. The van der Waals surface area contributed by atoms with Crippen molar-refractivity contribution in [3.8, 4) is 5.75 Å². The Bertz CT molecular complexity index is 531. The zero-order valence-corrected chi connectivity index (χ0v) is 25.8. The molecule has 36 heavy (non-hydrogen) atoms. The normalized spacial score (nSPS) is 11.5. The lowest BCUT2D eigenvalue weighted by Gasteiger charge is -2.17. The summed E-state index contributed by atoms with van der Waals surface area (Å²) in [6.45, 7) is 4.59. The maximum absolute atomic E-state index is 9.71. The van der Waals surface area contributed by atoms with Crippen LogP contribution in [0, 0.1) is 0 Å². The Labute approximate surface area is 234 Å². The maximum Gasteiger partial charge on any atom is 0.115 e. The Morgan fingerprint density at radius 3 is 1.19 bits per heavy atom. The van der Waals surface area contributed by atoms with Gasteiger partial charge in [0.15, 0.2) is 0 Å². The molecule has 0 radical (unpaired) electrons. The fraction of sp³-hybridized carbons (Fsp3) is 0.818. The molecule has 0 aliphatic heterocycles. The van der Waals surface area contributed by atoms with Crippen molar-refractivity contribution >= 4 is 23.5 Å². The van der Waals surface area contributed by atoms with E-state index in [-0.39, 0.29) is 0 Å². The minimum atomic E-state index is 0.383. The van der Waals surface area contributed by atoms with Gasteiger partial charge in [0.1, 0.15) is 5.75 Å². The van der Waals surface area contributed by atoms with Crippen LogP contribution in [0.5, 0.6) is 5.75 Å². The molecule has 0 unspecified atom stereocenters. The minimum Gasteiger partial charge on any atom is -0.508 e. The molecule has 0 aliphatic rings. The van der Waals surface area contributed by atoms with Gasteiger partial charge in [-0.25, -0.2) is 0 Å². The number of hydrogen-bond donors (Lipinski definition) is 1. The molecular weight excluding hydrogens is 476 g/mol. The molecule has 3 heteroatoms. The van der Waals surface area contributed by atoms with E-state index in [4.69, 9.17) is 0 Å². The van der Waals surface area contributed by atoms with Crippen molar-refractivity contribution in [3.63, 3.8) is 0 Å². The Hall–Kier alpha value is -0.280. The predicted molar refractivity (Wildman–Crippen MR) is 169 cm³/mol. The highest BCUT2D eigenvalue weighted by Crippen LogP contribution is 2.28. The van der Waals surface area contributed by atoms with Crippen molar-refractivity contribution in [2.24, 2.45) is 0 Å². The van der Waals surface area contributed by atoms with E-state index in [0.29, 0.717) is 11.7 Å². The number of rotatable bonds is 27. The number of phenols is 1. The van der Waals surface area contributed by atoms with Crippen molar-refractivity contribution in [1.29, 1.82) is 0 Å². The zero-order chi connectivity index (χ0) is 25.9. The molecule has 0 atom stereocenters. The first-order chi connectivity index (χ1) is 17.8. The number of aromatic hydroxyl groups is 1. The van der Waals surface area contributed by atoms with Crippen LogP contribution in [-0.2, 0) is 0 Å². The van der Waals surface area contributed by atoms with Crippen LogP contribution in [0.3, 0.4) is 0 Å². The van der Waals surface area contributed by atoms with Crippen LogP contribution in [0.25, 0.3) is 0 Å². The van der Waals surface area contributed by atoms with Crippen molar-refractivity contribution in [1.82, 2.24) is 0 Å². The van der Waals surface area contributed by atoms with Gasteiger partial charge in [0.05, 0.1) is 0 Å². The fourth-order valence-electron chi connectivity index (χ4n) is 4.82. The molecule has 0 spiro atoms. The van der Waals surface area contributed by atoms with E-state index in [1.807, 2.05) is 12.1 Å². The standard InChI is InChI=1S/C33H60OS2/c1-3-5-7-9-11-13-15-17-19-21-27-35-29-32(31-23-25-33(34)26-24-31)30-36-28-22-20-18-16-14-12-10-8-6-4-2/h23-26,32,34H,3-22,27-30H2,1-2H3. The molecule has 1 N–H and O–H groups in total. The van der Waals surface area contributed by atoms with Gasteiger partial charge in [0, 0.05) is 17.4 Å². The first-order valence-electron chi connectivity index (χ1n) is 15.7. The molecule has 0 amide bonds. The molecule has 1 rings (SSSR count). The average Bonchev–Trinajstić information content (AvgIpc) is 2.89. The van der Waals surface area contributed by atoms with Gasteiger partial charge in [-0.1, -0.05) is 142 Å². The highest BCUT2D eigenvalue weighted by molar-refractivity contribution is 8.00. The largest absolute Gasteiger partial charge is 0.508 e. The van der Waals surface area contributed by atoms with Gasteiger partial charge in [-0.05, 0) is 42.0 Å². The van der Waals surface area contributed by atoms with Crippen molar-refractivity contribution in [3.05, 3.63) is 29.8 Å². The van der Waals surface area contributed by atoms with E-state index >= 15 is 0 Å². The molecule has 0 saturated carbocycles. The highest BCUT2D eigenvalue weighted by atomic mass is 32.2. The number of thioether (sulfide) groups is 2. The number of phenolic OH excluding ortho intramolecular Hbond substituents is 1. The van der Waals surface area contributed by atoms with Crippen LogP contribution in [0.4, 0.5) is 0 Å². The van der Waals surface area contributed by atoms with E-state index in [1.54, 1.807) is 0 Å². The molecule has 0 saturated heterocycles. The second-order valence-corrected chi connectivity index (χ2v) is 13.1. The molecular formula is C33H60OS2. The van der Waals surface area contributed by atoms with Crippen LogP contribution in [0.1, 0.15) is 154 Å². The Morgan fingerprint density at radius 1 is 0.500 bits per heavy atom. The molecule has 0 bridgehead atoms. The van der Waals surface area contributed by atoms with Gasteiger partial charge in [0.25, 0.3) is 0 Å². The predicted octanol–water partition coefficient (Wildman–Crippen LogP) is 11.8. The Morgan fingerprint density at radius 2 is 0.833 bits per heavy atom. The number of unbranched alkanes of at least 4 members (excludes halogenated alkanes) is 18. The van der Waals surface area contributed by atoms with Gasteiger partial charge < -0.3 is 5.11 Å². The van der Waals surface area contributed by atoms with E-state index in [1.165, 1.54) is 157 Å². The van der Waals surface area contributed by atoms with E-state index in [0.717, 1.165) is 0 Å². The van der Waals surface area contributed by atoms with Gasteiger partial charge >= 0.3 is 0 Å². The molecule has 210 valence electrons. The summed E-state index contributed by atoms with van der Waals surface area (Å²) in [6, 6.07) is 8.01. The molecule has 1 nitrogen and oxygen atoms in total. The molecule has 1 aromatic carbocycles. The second-order valence-electron chi connectivity index (χ2n) is 10.8.